The zero-order valence-corrected chi connectivity index (χ0v) is 16.1. The summed E-state index contributed by atoms with van der Waals surface area (Å²) in [6.07, 6.45) is 4.00. The van der Waals surface area contributed by atoms with Crippen LogP contribution in [0.2, 0.25) is 0 Å². The van der Waals surface area contributed by atoms with Crippen LogP contribution in [0.5, 0.6) is 0 Å². The summed E-state index contributed by atoms with van der Waals surface area (Å²) in [6.45, 7) is 0.492. The van der Waals surface area contributed by atoms with Crippen LogP contribution in [0, 0.1) is 10.1 Å². The number of thiazole rings is 1. The largest absolute Gasteiger partial charge is 0.449 e. The van der Waals surface area contributed by atoms with Gasteiger partial charge in [0.05, 0.1) is 4.92 Å². The molecule has 1 N–H and O–H groups in total. The highest BCUT2D eigenvalue weighted by Gasteiger charge is 2.28. The number of hydrogen-bond acceptors (Lipinski definition) is 6. The van der Waals surface area contributed by atoms with Crippen LogP contribution in [-0.2, 0) is 4.74 Å². The number of nitro groups is 1. The zero-order chi connectivity index (χ0) is 20.2. The molecule has 0 aliphatic heterocycles. The highest BCUT2D eigenvalue weighted by atomic mass is 32.1. The number of hydrogen-bond donors (Lipinski definition) is 1. The first kappa shape index (κ1) is 18.8. The Morgan fingerprint density at radius 2 is 1.83 bits per heavy atom. The number of alkyl carbamates (subject to hydrolysis) is 1. The van der Waals surface area contributed by atoms with Crippen LogP contribution < -0.4 is 5.32 Å². The van der Waals surface area contributed by atoms with E-state index >= 15 is 0 Å². The van der Waals surface area contributed by atoms with E-state index < -0.39 is 11.0 Å². The lowest BCUT2D eigenvalue weighted by molar-refractivity contribution is -0.380. The maximum atomic E-state index is 12.1. The van der Waals surface area contributed by atoms with Gasteiger partial charge in [-0.05, 0) is 39.7 Å². The molecular weight excluding hydrogens is 390 g/mol. The van der Waals surface area contributed by atoms with Crippen LogP contribution in [-0.4, -0.2) is 29.2 Å². The number of nitrogens with zero attached hydrogens (tertiary/aromatic N) is 2. The molecule has 8 heteroatoms. The summed E-state index contributed by atoms with van der Waals surface area (Å²) >= 11 is 0.973. The first-order valence-electron chi connectivity index (χ1n) is 8.99. The van der Waals surface area contributed by atoms with Gasteiger partial charge < -0.3 is 10.1 Å². The number of amides is 1. The fraction of sp³-hybridized carbons (Fsp3) is 0.143. The number of carbonyl (C=O) groups excluding carboxylic acids is 1. The fourth-order valence-corrected chi connectivity index (χ4v) is 4.06. The van der Waals surface area contributed by atoms with Crippen molar-refractivity contribution in [1.82, 2.24) is 10.3 Å². The van der Waals surface area contributed by atoms with Crippen molar-refractivity contribution in [3.8, 4) is 11.1 Å². The Morgan fingerprint density at radius 1 is 1.17 bits per heavy atom. The highest BCUT2D eigenvalue weighted by molar-refractivity contribution is 7.15. The molecule has 1 heterocycles. The van der Waals surface area contributed by atoms with Crippen molar-refractivity contribution < 1.29 is 14.5 Å². The van der Waals surface area contributed by atoms with Gasteiger partial charge in [0.25, 0.3) is 0 Å². The molecule has 0 bridgehead atoms. The molecular formula is C21H17N3O4S. The van der Waals surface area contributed by atoms with Crippen LogP contribution >= 0.6 is 11.3 Å². The van der Waals surface area contributed by atoms with E-state index in [9.17, 15) is 14.9 Å². The number of nitrogens with one attached hydrogen (secondary N) is 1. The molecule has 0 spiro atoms. The molecule has 1 aliphatic carbocycles. The van der Waals surface area contributed by atoms with E-state index in [1.54, 1.807) is 12.2 Å². The van der Waals surface area contributed by atoms with E-state index in [2.05, 4.69) is 34.6 Å². The lowest BCUT2D eigenvalue weighted by Gasteiger charge is -2.14. The molecule has 0 atom stereocenters. The molecule has 7 nitrogen and oxygen atoms in total. The van der Waals surface area contributed by atoms with Gasteiger partial charge in [0.15, 0.2) is 0 Å². The summed E-state index contributed by atoms with van der Waals surface area (Å²) in [4.78, 5) is 26.2. The van der Waals surface area contributed by atoms with E-state index in [4.69, 9.17) is 4.74 Å². The normalized spacial score (nSPS) is 12.6. The topological polar surface area (TPSA) is 94.4 Å². The SMILES string of the molecule is O=C(NCC=Cc1ncc([N+](=O)[O-])s1)OCC1c2ccccc2-c2ccccc21. The predicted molar refractivity (Wildman–Crippen MR) is 111 cm³/mol. The molecule has 0 saturated carbocycles. The molecule has 29 heavy (non-hydrogen) atoms. The van der Waals surface area contributed by atoms with Crippen molar-refractivity contribution in [2.45, 2.75) is 5.92 Å². The van der Waals surface area contributed by atoms with Gasteiger partial charge in [0.1, 0.15) is 17.8 Å². The third-order valence-electron chi connectivity index (χ3n) is 4.66. The predicted octanol–water partition coefficient (Wildman–Crippen LogP) is 4.60. The minimum absolute atomic E-state index is 0.0135. The minimum atomic E-state index is -0.512. The second kappa shape index (κ2) is 8.24. The van der Waals surface area contributed by atoms with Crippen LogP contribution in [0.1, 0.15) is 22.1 Å². The van der Waals surface area contributed by atoms with Crippen molar-refractivity contribution in [3.63, 3.8) is 0 Å². The smallest absolute Gasteiger partial charge is 0.407 e. The van der Waals surface area contributed by atoms with Gasteiger partial charge >= 0.3 is 11.1 Å². The molecule has 1 aromatic heterocycles. The summed E-state index contributed by atoms with van der Waals surface area (Å²) in [5, 5.41) is 13.8. The van der Waals surface area contributed by atoms with E-state index in [1.807, 2.05) is 24.3 Å². The Kier molecular flexibility index (Phi) is 5.35. The van der Waals surface area contributed by atoms with Crippen molar-refractivity contribution in [3.05, 3.63) is 87.1 Å². The van der Waals surface area contributed by atoms with Crippen LogP contribution in [0.15, 0.2) is 60.8 Å². The summed E-state index contributed by atoms with van der Waals surface area (Å²) < 4.78 is 5.44. The molecule has 1 amide bonds. The fourth-order valence-electron chi connectivity index (χ4n) is 3.39. The van der Waals surface area contributed by atoms with Crippen LogP contribution in [0.25, 0.3) is 17.2 Å². The van der Waals surface area contributed by atoms with Crippen molar-refractivity contribution in [2.24, 2.45) is 0 Å². The molecule has 1 aliphatic rings. The molecule has 146 valence electrons. The quantitative estimate of drug-likeness (QED) is 0.476. The van der Waals surface area contributed by atoms with Gasteiger partial charge in [-0.25, -0.2) is 9.78 Å². The average Bonchev–Trinajstić information content (AvgIpc) is 3.33. The molecule has 2 aromatic carbocycles. The van der Waals surface area contributed by atoms with Crippen molar-refractivity contribution in [2.75, 3.05) is 13.2 Å². The monoisotopic (exact) mass is 407 g/mol. The standard InChI is InChI=1S/C21H17N3O4S/c25-21(22-11-5-10-19-23-12-20(29-19)24(26)27)28-13-18-16-8-3-1-6-14(16)15-7-2-4-9-17(15)18/h1-10,12,18H,11,13H2,(H,22,25). The second-order valence-corrected chi connectivity index (χ2v) is 7.44. The van der Waals surface area contributed by atoms with Gasteiger partial charge in [-0.2, -0.15) is 0 Å². The Morgan fingerprint density at radius 3 is 2.45 bits per heavy atom. The third-order valence-corrected chi connectivity index (χ3v) is 5.57. The summed E-state index contributed by atoms with van der Waals surface area (Å²) in [5.74, 6) is 0.0135. The van der Waals surface area contributed by atoms with E-state index in [0.29, 0.717) is 5.01 Å². The van der Waals surface area contributed by atoms with Crippen molar-refractivity contribution in [1.29, 1.82) is 0 Å². The lowest BCUT2D eigenvalue weighted by atomic mass is 9.98. The number of rotatable bonds is 6. The molecule has 4 rings (SSSR count). The Hall–Kier alpha value is -3.52. The second-order valence-electron chi connectivity index (χ2n) is 6.40. The number of carbonyl (C=O) groups is 1. The zero-order valence-electron chi connectivity index (χ0n) is 15.3. The molecule has 0 unspecified atom stereocenters. The van der Waals surface area contributed by atoms with Crippen LogP contribution in [0.4, 0.5) is 9.80 Å². The first-order valence-corrected chi connectivity index (χ1v) is 9.81. The Bertz CT molecular complexity index is 1050. The molecule has 0 saturated heterocycles. The first-order chi connectivity index (χ1) is 14.1. The van der Waals surface area contributed by atoms with Crippen molar-refractivity contribution >= 4 is 28.5 Å². The Labute approximate surface area is 170 Å². The number of benzene rings is 2. The van der Waals surface area contributed by atoms with Gasteiger partial charge in [-0.15, -0.1) is 0 Å². The summed E-state index contributed by atoms with van der Waals surface area (Å²) in [7, 11) is 0. The maximum Gasteiger partial charge on any atom is 0.407 e. The summed E-state index contributed by atoms with van der Waals surface area (Å²) in [5.41, 5.74) is 4.67. The number of fused-ring (bicyclic) bond motifs is 3. The van der Waals surface area contributed by atoms with E-state index in [-0.39, 0.29) is 24.1 Å². The summed E-state index contributed by atoms with van der Waals surface area (Å²) in [6, 6.07) is 16.3. The molecule has 3 aromatic rings. The average molecular weight is 407 g/mol. The number of ether oxygens (including phenoxy) is 1. The highest BCUT2D eigenvalue weighted by Crippen LogP contribution is 2.44. The van der Waals surface area contributed by atoms with Gasteiger partial charge in [-0.3, -0.25) is 10.1 Å². The van der Waals surface area contributed by atoms with Gasteiger partial charge in [0.2, 0.25) is 0 Å². The minimum Gasteiger partial charge on any atom is -0.449 e. The maximum absolute atomic E-state index is 12.1. The van der Waals surface area contributed by atoms with Gasteiger partial charge in [0, 0.05) is 12.5 Å². The third kappa shape index (κ3) is 4.02. The number of aromatic nitrogens is 1. The van der Waals surface area contributed by atoms with E-state index in [1.165, 1.54) is 17.3 Å². The van der Waals surface area contributed by atoms with Gasteiger partial charge in [-0.1, -0.05) is 54.6 Å². The molecule has 0 fully saturated rings. The van der Waals surface area contributed by atoms with Crippen LogP contribution in [0.3, 0.4) is 0 Å². The Balaban J connectivity index is 1.32. The molecule has 0 radical (unpaired) electrons. The van der Waals surface area contributed by atoms with E-state index in [0.717, 1.165) is 22.5 Å². The lowest BCUT2D eigenvalue weighted by Crippen LogP contribution is -2.26.